The molecule has 21 heavy (non-hydrogen) atoms. The van der Waals surface area contributed by atoms with Gasteiger partial charge in [0.1, 0.15) is 0 Å². The van der Waals surface area contributed by atoms with Crippen molar-refractivity contribution in [3.8, 4) is 0 Å². The van der Waals surface area contributed by atoms with Gasteiger partial charge >= 0.3 is 0 Å². The third-order valence-electron chi connectivity index (χ3n) is 3.32. The van der Waals surface area contributed by atoms with Crippen LogP contribution in [0, 0.1) is 12.8 Å². The Labute approximate surface area is 133 Å². The zero-order valence-corrected chi connectivity index (χ0v) is 14.9. The summed E-state index contributed by atoms with van der Waals surface area (Å²) in [4.78, 5) is 0.384. The highest BCUT2D eigenvalue weighted by Crippen LogP contribution is 2.19. The highest BCUT2D eigenvalue weighted by molar-refractivity contribution is 7.98. The molecule has 6 heteroatoms. The smallest absolute Gasteiger partial charge is 0.240 e. The fraction of sp³-hybridized carbons (Fsp3) is 0.600. The first-order chi connectivity index (χ1) is 9.92. The molecule has 1 aromatic carbocycles. The van der Waals surface area contributed by atoms with E-state index in [0.717, 1.165) is 23.4 Å². The van der Waals surface area contributed by atoms with E-state index in [0.29, 0.717) is 23.9 Å². The van der Waals surface area contributed by atoms with Crippen LogP contribution in [0.1, 0.15) is 25.0 Å². The predicted octanol–water partition coefficient (Wildman–Crippen LogP) is 2.38. The first-order valence-electron chi connectivity index (χ1n) is 7.20. The first-order valence-corrected chi connectivity index (χ1v) is 10.1. The Hall–Kier alpha value is -0.560. The topological polar surface area (TPSA) is 58.2 Å². The van der Waals surface area contributed by atoms with Gasteiger partial charge in [-0.2, -0.15) is 11.8 Å². The van der Waals surface area contributed by atoms with Crippen LogP contribution in [-0.4, -0.2) is 33.5 Å². The molecule has 1 aromatic rings. The highest BCUT2D eigenvalue weighted by Gasteiger charge is 2.18. The quantitative estimate of drug-likeness (QED) is 0.730. The number of benzene rings is 1. The van der Waals surface area contributed by atoms with Crippen LogP contribution in [0.15, 0.2) is 23.1 Å². The summed E-state index contributed by atoms with van der Waals surface area (Å²) in [6.45, 7) is 7.97. The van der Waals surface area contributed by atoms with Crippen LogP contribution in [0.5, 0.6) is 0 Å². The molecule has 0 saturated carbocycles. The maximum absolute atomic E-state index is 12.4. The molecule has 1 rings (SSSR count). The Morgan fingerprint density at radius 1 is 1.33 bits per heavy atom. The average Bonchev–Trinajstić information content (AvgIpc) is 2.44. The number of hydrogen-bond donors (Lipinski definition) is 2. The minimum Gasteiger partial charge on any atom is -0.313 e. The zero-order valence-electron chi connectivity index (χ0n) is 13.3. The van der Waals surface area contributed by atoms with Gasteiger partial charge in [0.25, 0.3) is 0 Å². The van der Waals surface area contributed by atoms with Crippen LogP contribution >= 0.6 is 11.8 Å². The molecule has 0 amide bonds. The predicted molar refractivity (Wildman–Crippen MR) is 91.3 cm³/mol. The molecule has 1 atom stereocenters. The van der Waals surface area contributed by atoms with Crippen LogP contribution in [-0.2, 0) is 16.6 Å². The van der Waals surface area contributed by atoms with Crippen molar-refractivity contribution in [2.24, 2.45) is 5.92 Å². The largest absolute Gasteiger partial charge is 0.313 e. The number of sulfonamides is 1. The number of hydrogen-bond acceptors (Lipinski definition) is 4. The number of thioether (sulfide) groups is 1. The summed E-state index contributed by atoms with van der Waals surface area (Å²) in [5, 5.41) is 3.23. The van der Waals surface area contributed by atoms with Gasteiger partial charge in [0.15, 0.2) is 0 Å². The van der Waals surface area contributed by atoms with Crippen LogP contribution in [0.4, 0.5) is 0 Å². The Kier molecular flexibility index (Phi) is 7.73. The van der Waals surface area contributed by atoms with Crippen molar-refractivity contribution in [3.05, 3.63) is 29.3 Å². The SMILES string of the molecule is CCNCc1cccc(S(=O)(=O)NCC(C)CSC)c1C. The Morgan fingerprint density at radius 3 is 2.67 bits per heavy atom. The Bertz CT molecular complexity index is 545. The molecule has 0 aliphatic heterocycles. The second kappa shape index (κ2) is 8.78. The third kappa shape index (κ3) is 5.62. The molecule has 0 radical (unpaired) electrons. The summed E-state index contributed by atoms with van der Waals surface area (Å²) in [6.07, 6.45) is 2.03. The summed E-state index contributed by atoms with van der Waals surface area (Å²) in [5.74, 6) is 1.27. The second-order valence-electron chi connectivity index (χ2n) is 5.23. The summed E-state index contributed by atoms with van der Waals surface area (Å²) in [5.41, 5.74) is 1.85. The standard InChI is InChI=1S/C15H26N2O2S2/c1-5-16-10-14-7-6-8-15(13(14)3)21(18,19)17-9-12(2)11-20-4/h6-8,12,16-17H,5,9-11H2,1-4H3. The van der Waals surface area contributed by atoms with Crippen molar-refractivity contribution < 1.29 is 8.42 Å². The molecule has 0 saturated heterocycles. The van der Waals surface area contributed by atoms with Gasteiger partial charge in [0.05, 0.1) is 4.90 Å². The lowest BCUT2D eigenvalue weighted by Gasteiger charge is -2.15. The van der Waals surface area contributed by atoms with Crippen molar-refractivity contribution in [1.29, 1.82) is 0 Å². The van der Waals surface area contributed by atoms with Gasteiger partial charge in [0, 0.05) is 13.1 Å². The Balaban J connectivity index is 2.87. The molecule has 0 aliphatic carbocycles. The van der Waals surface area contributed by atoms with Crippen LogP contribution in [0.2, 0.25) is 0 Å². The van der Waals surface area contributed by atoms with E-state index in [9.17, 15) is 8.42 Å². The first kappa shape index (κ1) is 18.5. The number of rotatable bonds is 9. The molecule has 1 unspecified atom stereocenters. The van der Waals surface area contributed by atoms with Crippen molar-refractivity contribution >= 4 is 21.8 Å². The van der Waals surface area contributed by atoms with Crippen LogP contribution < -0.4 is 10.0 Å². The van der Waals surface area contributed by atoms with Gasteiger partial charge in [-0.25, -0.2) is 13.1 Å². The van der Waals surface area contributed by atoms with E-state index in [4.69, 9.17) is 0 Å². The minimum absolute atomic E-state index is 0.319. The molecule has 0 fully saturated rings. The lowest BCUT2D eigenvalue weighted by Crippen LogP contribution is -2.30. The average molecular weight is 331 g/mol. The molecule has 0 aliphatic rings. The fourth-order valence-electron chi connectivity index (χ4n) is 2.08. The molecule has 0 bridgehead atoms. The molecule has 0 aromatic heterocycles. The van der Waals surface area contributed by atoms with Gasteiger partial charge in [0.2, 0.25) is 10.0 Å². The van der Waals surface area contributed by atoms with E-state index >= 15 is 0 Å². The maximum atomic E-state index is 12.4. The fourth-order valence-corrected chi connectivity index (χ4v) is 4.21. The van der Waals surface area contributed by atoms with Gasteiger partial charge < -0.3 is 5.32 Å². The molecule has 2 N–H and O–H groups in total. The summed E-state index contributed by atoms with van der Waals surface area (Å²) < 4.78 is 27.6. The van der Waals surface area contributed by atoms with Gasteiger partial charge in [-0.3, -0.25) is 0 Å². The number of nitrogens with one attached hydrogen (secondary N) is 2. The molecule has 0 spiro atoms. The maximum Gasteiger partial charge on any atom is 0.240 e. The molecular weight excluding hydrogens is 304 g/mol. The van der Waals surface area contributed by atoms with E-state index < -0.39 is 10.0 Å². The minimum atomic E-state index is -3.44. The van der Waals surface area contributed by atoms with E-state index in [1.165, 1.54) is 0 Å². The molecule has 4 nitrogen and oxygen atoms in total. The van der Waals surface area contributed by atoms with Crippen molar-refractivity contribution in [3.63, 3.8) is 0 Å². The summed E-state index contributed by atoms with van der Waals surface area (Å²) in [6, 6.07) is 5.44. The van der Waals surface area contributed by atoms with E-state index in [1.807, 2.05) is 33.1 Å². The second-order valence-corrected chi connectivity index (χ2v) is 7.88. The normalized spacial score (nSPS) is 13.3. The summed E-state index contributed by atoms with van der Waals surface area (Å²) in [7, 11) is -3.44. The molecule has 120 valence electrons. The molecule has 0 heterocycles. The lowest BCUT2D eigenvalue weighted by atomic mass is 10.1. The van der Waals surface area contributed by atoms with Gasteiger partial charge in [-0.1, -0.05) is 26.0 Å². The van der Waals surface area contributed by atoms with Gasteiger partial charge in [-0.15, -0.1) is 0 Å². The highest BCUT2D eigenvalue weighted by atomic mass is 32.2. The van der Waals surface area contributed by atoms with E-state index in [-0.39, 0.29) is 0 Å². The Morgan fingerprint density at radius 2 is 2.05 bits per heavy atom. The van der Waals surface area contributed by atoms with Crippen molar-refractivity contribution in [2.45, 2.75) is 32.2 Å². The summed E-state index contributed by atoms with van der Waals surface area (Å²) >= 11 is 1.73. The zero-order chi connectivity index (χ0) is 15.9. The molecular formula is C15H26N2O2S2. The lowest BCUT2D eigenvalue weighted by molar-refractivity contribution is 0.562. The van der Waals surface area contributed by atoms with E-state index in [1.54, 1.807) is 23.9 Å². The third-order valence-corrected chi connectivity index (χ3v) is 5.79. The van der Waals surface area contributed by atoms with Crippen molar-refractivity contribution in [1.82, 2.24) is 10.0 Å². The van der Waals surface area contributed by atoms with Crippen LogP contribution in [0.3, 0.4) is 0 Å². The monoisotopic (exact) mass is 330 g/mol. The van der Waals surface area contributed by atoms with Gasteiger partial charge in [-0.05, 0) is 48.6 Å². The van der Waals surface area contributed by atoms with E-state index in [2.05, 4.69) is 10.0 Å². The van der Waals surface area contributed by atoms with Crippen LogP contribution in [0.25, 0.3) is 0 Å². The van der Waals surface area contributed by atoms with Crippen molar-refractivity contribution in [2.75, 3.05) is 25.1 Å².